The number of rotatable bonds is 16. The Bertz CT molecular complexity index is 1840. The van der Waals surface area contributed by atoms with Crippen LogP contribution in [0.2, 0.25) is 0 Å². The molecule has 1 heterocycles. The van der Waals surface area contributed by atoms with Crippen molar-refractivity contribution >= 4 is 27.9 Å². The molecule has 14 heteroatoms. The molecule has 1 saturated heterocycles. The number of carbonyl (C=O) groups excluding carboxylic acids is 2. The van der Waals surface area contributed by atoms with Gasteiger partial charge in [-0.15, -0.1) is 0 Å². The van der Waals surface area contributed by atoms with Crippen LogP contribution in [-0.2, 0) is 38.4 Å². The summed E-state index contributed by atoms with van der Waals surface area (Å²) < 4.78 is 47.7. The third-order valence-electron chi connectivity index (χ3n) is 20.7. The van der Waals surface area contributed by atoms with Gasteiger partial charge in [0.05, 0.1) is 43.2 Å². The second-order valence-corrected chi connectivity index (χ2v) is 26.7. The molecule has 7 fully saturated rings. The standard InChI is InChI=1S/C51H87N3O10S/c1-32(2)34-14-19-51(52-31-38(54-22-28-65(59,60)29-23-54)33(3)53-45(58)63-27-26-62-25-24-61-11)21-20-49(9)35(42(34)51)12-13-40-48(8)17-16-41(47(6,7)39(48)15-18-50(40,49)10)64-44(57)37-30-36(43(55)56)46(37,4)5/h32-42,52H,12-31H2,1-11H3,(H,53,58)(H,55,56)/t33-,34+,35-,36+,37-,38-,39+,40-,41+,42-,48+,49-,50-,51+/m1/s1. The minimum absolute atomic E-state index is 0.0350. The zero-order valence-electron chi connectivity index (χ0n) is 42.0. The van der Waals surface area contributed by atoms with Crippen LogP contribution in [0.15, 0.2) is 0 Å². The average Bonchev–Trinajstić information content (AvgIpc) is 3.60. The number of carbonyl (C=O) groups is 3. The normalized spacial score (nSPS) is 41.4. The first kappa shape index (κ1) is 50.9. The van der Waals surface area contributed by atoms with Gasteiger partial charge in [-0.05, 0) is 135 Å². The van der Waals surface area contributed by atoms with Crippen molar-refractivity contribution in [2.45, 2.75) is 164 Å². The lowest BCUT2D eigenvalue weighted by atomic mass is 9.32. The van der Waals surface area contributed by atoms with E-state index < -0.39 is 33.2 Å². The van der Waals surface area contributed by atoms with Crippen LogP contribution in [-0.4, -0.2) is 125 Å². The van der Waals surface area contributed by atoms with Crippen molar-refractivity contribution in [1.82, 2.24) is 15.5 Å². The van der Waals surface area contributed by atoms with E-state index in [1.165, 1.54) is 25.7 Å². The van der Waals surface area contributed by atoms with Crippen molar-refractivity contribution in [1.29, 1.82) is 0 Å². The Labute approximate surface area is 391 Å². The number of methoxy groups -OCH3 is 1. The summed E-state index contributed by atoms with van der Waals surface area (Å²) in [5.74, 6) is 1.55. The van der Waals surface area contributed by atoms with Crippen molar-refractivity contribution < 1.29 is 46.9 Å². The monoisotopic (exact) mass is 934 g/mol. The maximum atomic E-state index is 13.7. The lowest BCUT2D eigenvalue weighted by Crippen LogP contribution is -2.69. The summed E-state index contributed by atoms with van der Waals surface area (Å²) in [5.41, 5.74) is -0.398. The van der Waals surface area contributed by atoms with Gasteiger partial charge in [0.25, 0.3) is 0 Å². The molecule has 0 bridgehead atoms. The molecule has 0 aromatic heterocycles. The molecule has 3 N–H and O–H groups in total. The average molecular weight is 934 g/mol. The van der Waals surface area contributed by atoms with Crippen molar-refractivity contribution in [3.63, 3.8) is 0 Å². The lowest BCUT2D eigenvalue weighted by molar-refractivity contribution is -0.249. The molecule has 6 saturated carbocycles. The summed E-state index contributed by atoms with van der Waals surface area (Å²) in [5, 5.41) is 17.1. The van der Waals surface area contributed by atoms with Crippen LogP contribution >= 0.6 is 0 Å². The van der Waals surface area contributed by atoms with Gasteiger partial charge in [-0.25, -0.2) is 13.2 Å². The van der Waals surface area contributed by atoms with E-state index in [4.69, 9.17) is 18.9 Å². The Morgan fingerprint density at radius 1 is 0.769 bits per heavy atom. The number of fused-ring (bicyclic) bond motifs is 7. The van der Waals surface area contributed by atoms with E-state index in [0.717, 1.165) is 38.5 Å². The highest BCUT2D eigenvalue weighted by atomic mass is 32.2. The Kier molecular flexibility index (Phi) is 14.7. The van der Waals surface area contributed by atoms with Crippen molar-refractivity contribution in [3.05, 3.63) is 0 Å². The molecule has 7 aliphatic rings. The van der Waals surface area contributed by atoms with Crippen LogP contribution in [0.1, 0.15) is 140 Å². The van der Waals surface area contributed by atoms with E-state index >= 15 is 0 Å². The summed E-state index contributed by atoms with van der Waals surface area (Å²) in [6.45, 7) is 26.2. The summed E-state index contributed by atoms with van der Waals surface area (Å²) in [6.07, 6.45) is 10.9. The quantitative estimate of drug-likeness (QED) is 0.103. The topological polar surface area (TPSA) is 170 Å². The first-order valence-corrected chi connectivity index (χ1v) is 27.3. The second kappa shape index (κ2) is 18.7. The van der Waals surface area contributed by atoms with E-state index in [1.54, 1.807) is 7.11 Å². The molecule has 0 radical (unpaired) electrons. The van der Waals surface area contributed by atoms with E-state index in [2.05, 4.69) is 64.0 Å². The van der Waals surface area contributed by atoms with Crippen molar-refractivity contribution in [2.24, 2.45) is 74.4 Å². The van der Waals surface area contributed by atoms with Gasteiger partial charge in [0.1, 0.15) is 12.7 Å². The molecule has 0 unspecified atom stereocenters. The van der Waals surface area contributed by atoms with Crippen LogP contribution in [0.25, 0.3) is 0 Å². The van der Waals surface area contributed by atoms with Crippen molar-refractivity contribution in [3.8, 4) is 0 Å². The van der Waals surface area contributed by atoms with Crippen LogP contribution in [0, 0.1) is 74.4 Å². The number of ether oxygens (including phenoxy) is 4. The molecule has 6 aliphatic carbocycles. The molecule has 372 valence electrons. The predicted octanol–water partition coefficient (Wildman–Crippen LogP) is 7.60. The molecular formula is C51H87N3O10S. The van der Waals surface area contributed by atoms with Gasteiger partial charge >= 0.3 is 18.0 Å². The number of aliphatic carboxylic acids is 1. The third kappa shape index (κ3) is 9.06. The predicted molar refractivity (Wildman–Crippen MR) is 251 cm³/mol. The molecule has 0 aromatic rings. The van der Waals surface area contributed by atoms with Gasteiger partial charge in [0.2, 0.25) is 0 Å². The van der Waals surface area contributed by atoms with Gasteiger partial charge in [-0.2, -0.15) is 0 Å². The zero-order chi connectivity index (χ0) is 47.5. The number of hydrogen-bond acceptors (Lipinski definition) is 11. The molecule has 65 heavy (non-hydrogen) atoms. The minimum atomic E-state index is -3.09. The van der Waals surface area contributed by atoms with Gasteiger partial charge in [0, 0.05) is 49.8 Å². The van der Waals surface area contributed by atoms with E-state index in [9.17, 15) is 27.9 Å². The number of carboxylic acids is 1. The molecular weight excluding hydrogens is 847 g/mol. The number of nitrogens with zero attached hydrogens (tertiary/aromatic N) is 1. The summed E-state index contributed by atoms with van der Waals surface area (Å²) >= 11 is 0. The Morgan fingerprint density at radius 3 is 2.11 bits per heavy atom. The number of alkyl carbamates (subject to hydrolysis) is 1. The Balaban J connectivity index is 1.07. The molecule has 7 rings (SSSR count). The summed E-state index contributed by atoms with van der Waals surface area (Å²) in [4.78, 5) is 40.9. The maximum Gasteiger partial charge on any atom is 0.407 e. The molecule has 1 amide bonds. The second-order valence-electron chi connectivity index (χ2n) is 24.4. The minimum Gasteiger partial charge on any atom is -0.481 e. The number of nitrogens with one attached hydrogen (secondary N) is 2. The van der Waals surface area contributed by atoms with E-state index in [0.29, 0.717) is 74.8 Å². The molecule has 1 aliphatic heterocycles. The number of carboxylic acid groups (broad SMARTS) is 1. The van der Waals surface area contributed by atoms with E-state index in [-0.39, 0.29) is 82.0 Å². The van der Waals surface area contributed by atoms with Gasteiger partial charge < -0.3 is 34.7 Å². The highest BCUT2D eigenvalue weighted by Gasteiger charge is 2.71. The Hall–Kier alpha value is -2.00. The fourth-order valence-electron chi connectivity index (χ4n) is 16.6. The summed E-state index contributed by atoms with van der Waals surface area (Å²) in [7, 11) is -1.48. The molecule has 0 spiro atoms. The maximum absolute atomic E-state index is 13.7. The number of sulfone groups is 1. The third-order valence-corrected chi connectivity index (χ3v) is 22.3. The summed E-state index contributed by atoms with van der Waals surface area (Å²) in [6, 6.07) is -0.390. The first-order valence-electron chi connectivity index (χ1n) is 25.5. The van der Waals surface area contributed by atoms with Crippen LogP contribution in [0.4, 0.5) is 4.79 Å². The van der Waals surface area contributed by atoms with Gasteiger partial charge in [-0.3, -0.25) is 14.5 Å². The Morgan fingerprint density at radius 2 is 1.46 bits per heavy atom. The highest BCUT2D eigenvalue weighted by molar-refractivity contribution is 7.91. The first-order chi connectivity index (χ1) is 30.4. The van der Waals surface area contributed by atoms with Crippen molar-refractivity contribution in [2.75, 3.05) is 64.7 Å². The molecule has 14 atom stereocenters. The molecule has 0 aromatic carbocycles. The highest BCUT2D eigenvalue weighted by Crippen LogP contribution is 2.76. The van der Waals surface area contributed by atoms with Crippen LogP contribution < -0.4 is 10.6 Å². The lowest BCUT2D eigenvalue weighted by Gasteiger charge is -2.73. The van der Waals surface area contributed by atoms with Gasteiger partial charge in [-0.1, -0.05) is 62.3 Å². The number of hydrogen-bond donors (Lipinski definition) is 3. The van der Waals surface area contributed by atoms with Crippen LogP contribution in [0.5, 0.6) is 0 Å². The largest absolute Gasteiger partial charge is 0.481 e. The zero-order valence-corrected chi connectivity index (χ0v) is 42.8. The SMILES string of the molecule is COCCOCCOC(=O)N[C@H](C)[C@@H](CN[C@]12CC[C@@H](C(C)C)[C@@H]1[C@H]1CC[C@@H]3[C@@]4(C)CC[C@H](OC(=O)[C@H]5C[C@@H](C(=O)O)C5(C)C)C(C)(C)[C@@H]4CC[C@@]3(C)[C@]1(C)CC2)N1CCS(=O)(=O)CC1. The smallest absolute Gasteiger partial charge is 0.407 e. The fraction of sp³-hybridized carbons (Fsp3) is 0.941. The number of esters is 1. The number of amides is 1. The van der Waals surface area contributed by atoms with E-state index in [1.807, 2.05) is 20.8 Å². The van der Waals surface area contributed by atoms with Gasteiger partial charge in [0.15, 0.2) is 9.84 Å². The molecule has 13 nitrogen and oxygen atoms in total. The fourth-order valence-corrected chi connectivity index (χ4v) is 17.8. The van der Waals surface area contributed by atoms with Crippen LogP contribution in [0.3, 0.4) is 0 Å².